The quantitative estimate of drug-likeness (QED) is 0.844. The van der Waals surface area contributed by atoms with Gasteiger partial charge in [-0.15, -0.1) is 0 Å². The maximum atomic E-state index is 9.11. The molecule has 1 fully saturated rings. The van der Waals surface area contributed by atoms with Crippen molar-refractivity contribution in [1.29, 1.82) is 0 Å². The first-order chi connectivity index (χ1) is 8.76. The van der Waals surface area contributed by atoms with Gasteiger partial charge in [-0.05, 0) is 30.9 Å². The smallest absolute Gasteiger partial charge is 0.299 e. The lowest BCUT2D eigenvalue weighted by Gasteiger charge is -2.29. The normalized spacial score (nSPS) is 17.6. The number of piperidine rings is 1. The summed E-state index contributed by atoms with van der Waals surface area (Å²) < 4.78 is 5.66. The monoisotopic (exact) mass is 267 g/mol. The van der Waals surface area contributed by atoms with Gasteiger partial charge in [0, 0.05) is 19.7 Å². The number of anilines is 1. The average Bonchev–Trinajstić information content (AvgIpc) is 2.81. The lowest BCUT2D eigenvalue weighted by Crippen LogP contribution is -2.34. The average molecular weight is 268 g/mol. The van der Waals surface area contributed by atoms with Crippen LogP contribution in [0.3, 0.4) is 0 Å². The molecule has 0 aromatic carbocycles. The van der Waals surface area contributed by atoms with E-state index in [4.69, 9.17) is 21.1 Å². The van der Waals surface area contributed by atoms with Crippen LogP contribution < -0.4 is 4.90 Å². The molecule has 0 aliphatic carbocycles. The topological polar surface area (TPSA) is 62.4 Å². The summed E-state index contributed by atoms with van der Waals surface area (Å²) in [5.41, 5.74) is 1.19. The van der Waals surface area contributed by atoms with Crippen molar-refractivity contribution in [3.63, 3.8) is 0 Å². The van der Waals surface area contributed by atoms with Gasteiger partial charge in [-0.25, -0.2) is 4.98 Å². The predicted molar refractivity (Wildman–Crippen MR) is 68.8 cm³/mol. The zero-order chi connectivity index (χ0) is 12.5. The van der Waals surface area contributed by atoms with E-state index in [1.165, 1.54) is 0 Å². The summed E-state index contributed by atoms with van der Waals surface area (Å²) in [7, 11) is 0. The molecular formula is C12H14ClN3O2. The van der Waals surface area contributed by atoms with Crippen LogP contribution in [0, 0.1) is 5.92 Å². The highest BCUT2D eigenvalue weighted by atomic mass is 35.5. The summed E-state index contributed by atoms with van der Waals surface area (Å²) in [6.07, 6.45) is 1.92. The fourth-order valence-electron chi connectivity index (χ4n) is 2.23. The molecule has 0 amide bonds. The SMILES string of the molecule is OCC1CCN(c2nc3nc(Cl)ccc3o2)CC1. The number of rotatable bonds is 2. The third-order valence-electron chi connectivity index (χ3n) is 3.35. The molecule has 1 N–H and O–H groups in total. The molecular weight excluding hydrogens is 254 g/mol. The zero-order valence-corrected chi connectivity index (χ0v) is 10.6. The van der Waals surface area contributed by atoms with E-state index < -0.39 is 0 Å². The van der Waals surface area contributed by atoms with Crippen LogP contribution in [-0.4, -0.2) is 34.8 Å². The summed E-state index contributed by atoms with van der Waals surface area (Å²) in [5, 5.41) is 9.53. The summed E-state index contributed by atoms with van der Waals surface area (Å²) in [4.78, 5) is 10.6. The minimum Gasteiger partial charge on any atom is -0.422 e. The predicted octanol–water partition coefficient (Wildman–Crippen LogP) is 2.08. The van der Waals surface area contributed by atoms with Crippen molar-refractivity contribution in [3.8, 4) is 0 Å². The molecule has 1 aliphatic rings. The van der Waals surface area contributed by atoms with E-state index in [1.54, 1.807) is 12.1 Å². The largest absolute Gasteiger partial charge is 0.422 e. The second-order valence-electron chi connectivity index (χ2n) is 4.57. The first kappa shape index (κ1) is 11.7. The number of aliphatic hydroxyl groups excluding tert-OH is 1. The molecule has 5 nitrogen and oxygen atoms in total. The molecule has 0 atom stereocenters. The van der Waals surface area contributed by atoms with Gasteiger partial charge in [-0.1, -0.05) is 11.6 Å². The van der Waals surface area contributed by atoms with Crippen LogP contribution in [0.15, 0.2) is 16.5 Å². The van der Waals surface area contributed by atoms with Crippen LogP contribution in [0.2, 0.25) is 5.15 Å². The lowest BCUT2D eigenvalue weighted by atomic mass is 9.98. The molecule has 0 radical (unpaired) electrons. The Morgan fingerprint density at radius 3 is 2.83 bits per heavy atom. The molecule has 1 aliphatic heterocycles. The van der Waals surface area contributed by atoms with Gasteiger partial charge < -0.3 is 14.4 Å². The van der Waals surface area contributed by atoms with Gasteiger partial charge >= 0.3 is 0 Å². The summed E-state index contributed by atoms with van der Waals surface area (Å²) in [6.45, 7) is 1.97. The van der Waals surface area contributed by atoms with E-state index in [9.17, 15) is 0 Å². The fraction of sp³-hybridized carbons (Fsp3) is 0.500. The number of halogens is 1. The summed E-state index contributed by atoms with van der Waals surface area (Å²) in [5.74, 6) is 0.401. The van der Waals surface area contributed by atoms with Gasteiger partial charge in [0.15, 0.2) is 5.58 Å². The number of aliphatic hydroxyl groups is 1. The van der Waals surface area contributed by atoms with Crippen molar-refractivity contribution < 1.29 is 9.52 Å². The van der Waals surface area contributed by atoms with E-state index in [0.29, 0.717) is 28.3 Å². The minimum atomic E-state index is 0.262. The Morgan fingerprint density at radius 1 is 1.33 bits per heavy atom. The van der Waals surface area contributed by atoms with Crippen LogP contribution >= 0.6 is 11.6 Å². The molecule has 0 unspecified atom stereocenters. The van der Waals surface area contributed by atoms with E-state index in [-0.39, 0.29) is 6.61 Å². The number of aromatic nitrogens is 2. The second-order valence-corrected chi connectivity index (χ2v) is 4.95. The first-order valence-corrected chi connectivity index (χ1v) is 6.43. The van der Waals surface area contributed by atoms with Gasteiger partial charge in [-0.3, -0.25) is 0 Å². The fourth-order valence-corrected chi connectivity index (χ4v) is 2.37. The lowest BCUT2D eigenvalue weighted by molar-refractivity contribution is 0.201. The number of nitrogens with zero attached hydrogens (tertiary/aromatic N) is 3. The standard InChI is InChI=1S/C12H14ClN3O2/c13-10-2-1-9-11(14-10)15-12(18-9)16-5-3-8(7-17)4-6-16/h1-2,8,17H,3-7H2. The van der Waals surface area contributed by atoms with Crippen LogP contribution in [-0.2, 0) is 0 Å². The Hall–Kier alpha value is -1.33. The second kappa shape index (κ2) is 4.74. The highest BCUT2D eigenvalue weighted by molar-refractivity contribution is 6.29. The molecule has 2 aromatic heterocycles. The third kappa shape index (κ3) is 2.15. The van der Waals surface area contributed by atoms with Crippen molar-refractivity contribution >= 4 is 28.8 Å². The Balaban J connectivity index is 1.82. The zero-order valence-electron chi connectivity index (χ0n) is 9.84. The Kier molecular flexibility index (Phi) is 3.09. The van der Waals surface area contributed by atoms with Crippen LogP contribution in [0.5, 0.6) is 0 Å². The third-order valence-corrected chi connectivity index (χ3v) is 3.56. The van der Waals surface area contributed by atoms with Crippen molar-refractivity contribution in [2.75, 3.05) is 24.6 Å². The Labute approximate surface area is 109 Å². The van der Waals surface area contributed by atoms with Crippen molar-refractivity contribution in [2.45, 2.75) is 12.8 Å². The van der Waals surface area contributed by atoms with Gasteiger partial charge in [0.05, 0.1) is 0 Å². The van der Waals surface area contributed by atoms with Crippen molar-refractivity contribution in [2.24, 2.45) is 5.92 Å². The van der Waals surface area contributed by atoms with Gasteiger partial charge in [0.2, 0.25) is 5.65 Å². The number of hydrogen-bond donors (Lipinski definition) is 1. The van der Waals surface area contributed by atoms with Crippen molar-refractivity contribution in [3.05, 3.63) is 17.3 Å². The molecule has 0 bridgehead atoms. The number of pyridine rings is 1. The van der Waals surface area contributed by atoms with Crippen LogP contribution in [0.1, 0.15) is 12.8 Å². The molecule has 0 spiro atoms. The highest BCUT2D eigenvalue weighted by Gasteiger charge is 2.22. The molecule has 3 rings (SSSR count). The molecule has 18 heavy (non-hydrogen) atoms. The van der Waals surface area contributed by atoms with E-state index in [1.807, 2.05) is 0 Å². The van der Waals surface area contributed by atoms with Gasteiger partial charge in [0.25, 0.3) is 6.01 Å². The van der Waals surface area contributed by atoms with Crippen LogP contribution in [0.25, 0.3) is 11.2 Å². The maximum Gasteiger partial charge on any atom is 0.299 e. The summed E-state index contributed by atoms with van der Waals surface area (Å²) >= 11 is 5.82. The Morgan fingerprint density at radius 2 is 2.11 bits per heavy atom. The number of oxazole rings is 1. The minimum absolute atomic E-state index is 0.262. The molecule has 2 aromatic rings. The molecule has 0 saturated carbocycles. The Bertz CT molecular complexity index is 549. The van der Waals surface area contributed by atoms with Gasteiger partial charge in [-0.2, -0.15) is 4.98 Å². The van der Waals surface area contributed by atoms with E-state index >= 15 is 0 Å². The highest BCUT2D eigenvalue weighted by Crippen LogP contribution is 2.26. The van der Waals surface area contributed by atoms with E-state index in [2.05, 4.69) is 14.9 Å². The van der Waals surface area contributed by atoms with E-state index in [0.717, 1.165) is 25.9 Å². The molecule has 6 heteroatoms. The van der Waals surface area contributed by atoms with Gasteiger partial charge in [0.1, 0.15) is 5.15 Å². The van der Waals surface area contributed by atoms with Crippen molar-refractivity contribution in [1.82, 2.24) is 9.97 Å². The first-order valence-electron chi connectivity index (χ1n) is 6.05. The van der Waals surface area contributed by atoms with Crippen LogP contribution in [0.4, 0.5) is 6.01 Å². The maximum absolute atomic E-state index is 9.11. The summed E-state index contributed by atoms with van der Waals surface area (Å²) in [6, 6.07) is 4.06. The number of fused-ring (bicyclic) bond motifs is 1. The molecule has 1 saturated heterocycles. The molecule has 3 heterocycles. The number of hydrogen-bond acceptors (Lipinski definition) is 5. The molecule has 96 valence electrons.